The highest BCUT2D eigenvalue weighted by Gasteiger charge is 2.27. The predicted octanol–water partition coefficient (Wildman–Crippen LogP) is 3.60. The molecule has 0 unspecified atom stereocenters. The number of carbonyl (C=O) groups excluding carboxylic acids is 1. The summed E-state index contributed by atoms with van der Waals surface area (Å²) in [5.41, 5.74) is 4.80. The lowest BCUT2D eigenvalue weighted by molar-refractivity contribution is 0.0972. The summed E-state index contributed by atoms with van der Waals surface area (Å²) in [6, 6.07) is 8.45. The van der Waals surface area contributed by atoms with Gasteiger partial charge in [0.05, 0.1) is 5.69 Å². The SMILES string of the molecule is Cn1nccc1-c1cn(Cc2ccc(F)cc2)c2c1C(=O)CCC2. The van der Waals surface area contributed by atoms with Gasteiger partial charge in [-0.3, -0.25) is 9.48 Å². The minimum absolute atomic E-state index is 0.199. The summed E-state index contributed by atoms with van der Waals surface area (Å²) in [4.78, 5) is 12.5. The number of benzene rings is 1. The standard InChI is InChI=1S/C19H18FN3O/c1-22-16(9-10-21-22)15-12-23(11-13-5-7-14(20)8-6-13)17-3-2-4-18(24)19(15)17/h5-10,12H,2-4,11H2,1H3. The molecule has 1 aromatic carbocycles. The van der Waals surface area contributed by atoms with E-state index in [4.69, 9.17) is 0 Å². The Bertz CT molecular complexity index is 905. The Morgan fingerprint density at radius 1 is 1.17 bits per heavy atom. The summed E-state index contributed by atoms with van der Waals surface area (Å²) in [6.07, 6.45) is 6.14. The van der Waals surface area contributed by atoms with Crippen LogP contribution >= 0.6 is 0 Å². The number of fused-ring (bicyclic) bond motifs is 1. The van der Waals surface area contributed by atoms with Gasteiger partial charge in [-0.15, -0.1) is 0 Å². The van der Waals surface area contributed by atoms with Crippen LogP contribution in [0.4, 0.5) is 4.39 Å². The van der Waals surface area contributed by atoms with E-state index in [-0.39, 0.29) is 11.6 Å². The highest BCUT2D eigenvalue weighted by Crippen LogP contribution is 2.33. The maximum Gasteiger partial charge on any atom is 0.165 e. The van der Waals surface area contributed by atoms with Crippen molar-refractivity contribution in [3.63, 3.8) is 0 Å². The predicted molar refractivity (Wildman–Crippen MR) is 89.4 cm³/mol. The van der Waals surface area contributed by atoms with E-state index in [2.05, 4.69) is 9.67 Å². The molecule has 0 fully saturated rings. The quantitative estimate of drug-likeness (QED) is 0.739. The molecule has 1 aliphatic carbocycles. The molecule has 3 aromatic rings. The Morgan fingerprint density at radius 2 is 1.96 bits per heavy atom. The minimum Gasteiger partial charge on any atom is -0.346 e. The second-order valence-corrected chi connectivity index (χ2v) is 6.24. The second-order valence-electron chi connectivity index (χ2n) is 6.24. The van der Waals surface area contributed by atoms with Crippen LogP contribution in [-0.2, 0) is 20.0 Å². The van der Waals surface area contributed by atoms with Crippen LogP contribution in [0.5, 0.6) is 0 Å². The molecule has 2 aromatic heterocycles. The van der Waals surface area contributed by atoms with Crippen molar-refractivity contribution >= 4 is 5.78 Å². The van der Waals surface area contributed by atoms with Crippen molar-refractivity contribution in [2.75, 3.05) is 0 Å². The Labute approximate surface area is 139 Å². The first-order valence-corrected chi connectivity index (χ1v) is 8.11. The van der Waals surface area contributed by atoms with E-state index in [9.17, 15) is 9.18 Å². The van der Waals surface area contributed by atoms with Gasteiger partial charge in [0.15, 0.2) is 5.78 Å². The number of hydrogen-bond acceptors (Lipinski definition) is 2. The molecule has 5 heteroatoms. The van der Waals surface area contributed by atoms with Crippen molar-refractivity contribution in [3.8, 4) is 11.3 Å². The largest absolute Gasteiger partial charge is 0.346 e. The van der Waals surface area contributed by atoms with Gasteiger partial charge in [0.25, 0.3) is 0 Å². The summed E-state index contributed by atoms with van der Waals surface area (Å²) >= 11 is 0. The maximum absolute atomic E-state index is 13.1. The average Bonchev–Trinajstić information content (AvgIpc) is 3.14. The Hall–Kier alpha value is -2.69. The van der Waals surface area contributed by atoms with Gasteiger partial charge in [-0.2, -0.15) is 5.10 Å². The highest BCUT2D eigenvalue weighted by atomic mass is 19.1. The highest BCUT2D eigenvalue weighted by molar-refractivity contribution is 6.04. The molecule has 0 saturated carbocycles. The molecule has 1 aliphatic rings. The van der Waals surface area contributed by atoms with Crippen LogP contribution in [0.25, 0.3) is 11.3 Å². The molecule has 0 spiro atoms. The Balaban J connectivity index is 1.82. The molecule has 122 valence electrons. The van der Waals surface area contributed by atoms with E-state index >= 15 is 0 Å². The Kier molecular flexibility index (Phi) is 3.56. The van der Waals surface area contributed by atoms with Crippen molar-refractivity contribution in [2.24, 2.45) is 7.05 Å². The van der Waals surface area contributed by atoms with Crippen molar-refractivity contribution in [1.29, 1.82) is 0 Å². The molecule has 0 bridgehead atoms. The monoisotopic (exact) mass is 323 g/mol. The van der Waals surface area contributed by atoms with Crippen LogP contribution in [0, 0.1) is 5.82 Å². The fraction of sp³-hybridized carbons (Fsp3) is 0.263. The third kappa shape index (κ3) is 2.46. The van der Waals surface area contributed by atoms with Gasteiger partial charge in [-0.05, 0) is 36.6 Å². The van der Waals surface area contributed by atoms with E-state index in [0.29, 0.717) is 13.0 Å². The summed E-state index contributed by atoms with van der Waals surface area (Å²) in [5, 5.41) is 4.22. The van der Waals surface area contributed by atoms with Crippen LogP contribution in [-0.4, -0.2) is 20.1 Å². The van der Waals surface area contributed by atoms with E-state index in [1.165, 1.54) is 12.1 Å². The molecule has 4 rings (SSSR count). The van der Waals surface area contributed by atoms with Crippen LogP contribution < -0.4 is 0 Å². The van der Waals surface area contributed by atoms with Gasteiger partial charge in [-0.1, -0.05) is 12.1 Å². The molecule has 4 nitrogen and oxygen atoms in total. The molecule has 0 radical (unpaired) electrons. The lowest BCUT2D eigenvalue weighted by atomic mass is 9.92. The third-order valence-electron chi connectivity index (χ3n) is 4.65. The smallest absolute Gasteiger partial charge is 0.165 e. The molecule has 0 N–H and O–H groups in total. The summed E-state index contributed by atoms with van der Waals surface area (Å²) in [7, 11) is 1.88. The number of ketones is 1. The first kappa shape index (κ1) is 14.9. The van der Waals surface area contributed by atoms with E-state index in [0.717, 1.165) is 40.9 Å². The van der Waals surface area contributed by atoms with Gasteiger partial charge in [0, 0.05) is 49.2 Å². The number of carbonyl (C=O) groups is 1. The van der Waals surface area contributed by atoms with Gasteiger partial charge in [-0.25, -0.2) is 4.39 Å². The number of aryl methyl sites for hydroxylation is 1. The maximum atomic E-state index is 13.1. The first-order valence-electron chi connectivity index (χ1n) is 8.11. The summed E-state index contributed by atoms with van der Waals surface area (Å²) < 4.78 is 17.0. The lowest BCUT2D eigenvalue weighted by Crippen LogP contribution is -2.14. The molecule has 24 heavy (non-hydrogen) atoms. The zero-order chi connectivity index (χ0) is 16.7. The molecule has 0 amide bonds. The van der Waals surface area contributed by atoms with Crippen molar-refractivity contribution in [1.82, 2.24) is 14.3 Å². The molecular weight excluding hydrogens is 305 g/mol. The zero-order valence-electron chi connectivity index (χ0n) is 13.5. The molecule has 2 heterocycles. The fourth-order valence-corrected chi connectivity index (χ4v) is 3.48. The van der Waals surface area contributed by atoms with Gasteiger partial charge in [0.2, 0.25) is 0 Å². The van der Waals surface area contributed by atoms with E-state index in [1.807, 2.05) is 19.3 Å². The summed E-state index contributed by atoms with van der Waals surface area (Å²) in [6.45, 7) is 0.633. The lowest BCUT2D eigenvalue weighted by Gasteiger charge is -2.15. The third-order valence-corrected chi connectivity index (χ3v) is 4.65. The van der Waals surface area contributed by atoms with Gasteiger partial charge >= 0.3 is 0 Å². The van der Waals surface area contributed by atoms with E-state index < -0.39 is 0 Å². The van der Waals surface area contributed by atoms with Crippen LogP contribution in [0.2, 0.25) is 0 Å². The molecule has 0 atom stereocenters. The second kappa shape index (κ2) is 5.74. The number of nitrogens with zero attached hydrogens (tertiary/aromatic N) is 3. The van der Waals surface area contributed by atoms with Crippen LogP contribution in [0.3, 0.4) is 0 Å². The average molecular weight is 323 g/mol. The van der Waals surface area contributed by atoms with Crippen molar-refractivity contribution in [2.45, 2.75) is 25.8 Å². The van der Waals surface area contributed by atoms with Gasteiger partial charge in [0.1, 0.15) is 5.82 Å². The number of Topliss-reactive ketones (excluding diaryl/α,β-unsaturated/α-hetero) is 1. The number of rotatable bonds is 3. The first-order chi connectivity index (χ1) is 11.6. The van der Waals surface area contributed by atoms with Crippen LogP contribution in [0.15, 0.2) is 42.7 Å². The normalized spacial score (nSPS) is 14.0. The number of aromatic nitrogens is 3. The van der Waals surface area contributed by atoms with Crippen molar-refractivity contribution in [3.05, 3.63) is 65.4 Å². The van der Waals surface area contributed by atoms with Crippen LogP contribution in [0.1, 0.15) is 34.5 Å². The number of hydrogen-bond donors (Lipinski definition) is 0. The van der Waals surface area contributed by atoms with Crippen molar-refractivity contribution < 1.29 is 9.18 Å². The topological polar surface area (TPSA) is 39.8 Å². The number of halogens is 1. The summed E-state index contributed by atoms with van der Waals surface area (Å²) in [5.74, 6) is -0.0376. The molecule has 0 saturated heterocycles. The van der Waals surface area contributed by atoms with Gasteiger partial charge < -0.3 is 4.57 Å². The van der Waals surface area contributed by atoms with E-state index in [1.54, 1.807) is 23.0 Å². The zero-order valence-corrected chi connectivity index (χ0v) is 13.5. The molecule has 0 aliphatic heterocycles. The fourth-order valence-electron chi connectivity index (χ4n) is 3.48. The minimum atomic E-state index is -0.237. The molecular formula is C19H18FN3O. The Morgan fingerprint density at radius 3 is 2.67 bits per heavy atom.